The molecule has 136 valence electrons. The van der Waals surface area contributed by atoms with E-state index in [1.54, 1.807) is 17.7 Å². The van der Waals surface area contributed by atoms with E-state index in [1.165, 1.54) is 73.9 Å². The van der Waals surface area contributed by atoms with E-state index in [4.69, 9.17) is 5.10 Å². The van der Waals surface area contributed by atoms with Gasteiger partial charge in [-0.2, -0.15) is 5.10 Å². The Morgan fingerprint density at radius 1 is 0.880 bits per heavy atom. The third kappa shape index (κ3) is 5.00. The Morgan fingerprint density at radius 3 is 2.12 bits per heavy atom. The molecule has 0 aliphatic heterocycles. The van der Waals surface area contributed by atoms with Crippen LogP contribution in [0.15, 0.2) is 11.4 Å². The zero-order chi connectivity index (χ0) is 17.5. The third-order valence-corrected chi connectivity index (χ3v) is 6.33. The summed E-state index contributed by atoms with van der Waals surface area (Å²) in [5.41, 5.74) is 5.84. The topological polar surface area (TPSA) is 50.2 Å². The molecule has 0 aromatic carbocycles. The van der Waals surface area contributed by atoms with Gasteiger partial charge in [-0.15, -0.1) is 11.3 Å². The van der Waals surface area contributed by atoms with Gasteiger partial charge in [-0.05, 0) is 45.1 Å². The minimum atomic E-state index is 0.852. The summed E-state index contributed by atoms with van der Waals surface area (Å²) < 4.78 is 0. The van der Waals surface area contributed by atoms with Gasteiger partial charge in [0.2, 0.25) is 0 Å². The van der Waals surface area contributed by atoms with Crippen molar-refractivity contribution in [3.8, 4) is 0 Å². The Morgan fingerprint density at radius 2 is 1.48 bits per heavy atom. The number of aromatic nitrogens is 2. The number of hydrogen-bond donors (Lipinski definition) is 1. The summed E-state index contributed by atoms with van der Waals surface area (Å²) in [4.78, 5) is 11.2. The van der Waals surface area contributed by atoms with Crippen molar-refractivity contribution in [1.29, 1.82) is 0 Å². The first-order valence-corrected chi connectivity index (χ1v) is 10.6. The molecule has 2 heterocycles. The lowest BCUT2D eigenvalue weighted by molar-refractivity contribution is 0.555. The fraction of sp³-hybridized carbons (Fsp3) is 0.650. The van der Waals surface area contributed by atoms with Gasteiger partial charge >= 0.3 is 0 Å². The normalized spacial score (nSPS) is 17.8. The molecule has 25 heavy (non-hydrogen) atoms. The molecule has 5 heteroatoms. The number of fused-ring (bicyclic) bond motifs is 1. The molecule has 0 atom stereocenters. The lowest BCUT2D eigenvalue weighted by Crippen LogP contribution is -2.05. The minimum Gasteiger partial charge on any atom is -0.261 e. The standard InChI is InChI=1S/C20H30N4S/c1-15-16(2)25-20-18(15)19(21-14-22-20)24-23-17-12-10-8-6-4-3-5-7-9-11-13-17/h14H,3-13H2,1-2H3,(H,21,22,24). The fourth-order valence-electron chi connectivity index (χ4n) is 3.53. The molecular formula is C20H30N4S. The Labute approximate surface area is 155 Å². The van der Waals surface area contributed by atoms with E-state index in [0.29, 0.717) is 0 Å². The van der Waals surface area contributed by atoms with Crippen LogP contribution in [0.2, 0.25) is 0 Å². The molecule has 4 nitrogen and oxygen atoms in total. The molecule has 0 saturated heterocycles. The first-order chi connectivity index (χ1) is 12.3. The summed E-state index contributed by atoms with van der Waals surface area (Å²) >= 11 is 1.73. The molecule has 0 unspecified atom stereocenters. The van der Waals surface area contributed by atoms with Gasteiger partial charge in [0.05, 0.1) is 5.39 Å². The van der Waals surface area contributed by atoms with E-state index in [-0.39, 0.29) is 0 Å². The van der Waals surface area contributed by atoms with Crippen LogP contribution in [0.25, 0.3) is 10.2 Å². The van der Waals surface area contributed by atoms with Crippen molar-refractivity contribution >= 4 is 33.1 Å². The lowest BCUT2D eigenvalue weighted by atomic mass is 10.00. The largest absolute Gasteiger partial charge is 0.261 e. The van der Waals surface area contributed by atoms with E-state index < -0.39 is 0 Å². The molecule has 1 saturated carbocycles. The van der Waals surface area contributed by atoms with Crippen LogP contribution in [0.1, 0.15) is 81.1 Å². The Balaban J connectivity index is 1.72. The summed E-state index contributed by atoms with van der Waals surface area (Å²) in [6.45, 7) is 4.29. The molecule has 1 aliphatic carbocycles. The van der Waals surface area contributed by atoms with Crippen molar-refractivity contribution in [2.75, 3.05) is 5.43 Å². The Hall–Kier alpha value is -1.49. The Bertz CT molecular complexity index is 706. The highest BCUT2D eigenvalue weighted by Crippen LogP contribution is 2.32. The number of hydrazone groups is 1. The van der Waals surface area contributed by atoms with Crippen molar-refractivity contribution in [2.24, 2.45) is 5.10 Å². The number of nitrogens with zero attached hydrogens (tertiary/aromatic N) is 3. The van der Waals surface area contributed by atoms with Gasteiger partial charge in [-0.3, -0.25) is 5.43 Å². The number of thiophene rings is 1. The van der Waals surface area contributed by atoms with E-state index in [1.807, 2.05) is 0 Å². The molecule has 0 amide bonds. The van der Waals surface area contributed by atoms with Gasteiger partial charge in [0.1, 0.15) is 11.2 Å². The van der Waals surface area contributed by atoms with Crippen molar-refractivity contribution < 1.29 is 0 Å². The summed E-state index contributed by atoms with van der Waals surface area (Å²) in [5.74, 6) is 0.852. The maximum atomic E-state index is 4.76. The van der Waals surface area contributed by atoms with Crippen LogP contribution in [0.3, 0.4) is 0 Å². The summed E-state index contributed by atoms with van der Waals surface area (Å²) in [6, 6.07) is 0. The number of anilines is 1. The quantitative estimate of drug-likeness (QED) is 0.634. The van der Waals surface area contributed by atoms with Crippen LogP contribution >= 0.6 is 11.3 Å². The maximum Gasteiger partial charge on any atom is 0.158 e. The number of nitrogens with one attached hydrogen (secondary N) is 1. The van der Waals surface area contributed by atoms with Crippen molar-refractivity contribution in [1.82, 2.24) is 9.97 Å². The average molecular weight is 359 g/mol. The zero-order valence-electron chi connectivity index (χ0n) is 15.6. The molecule has 0 spiro atoms. The lowest BCUT2D eigenvalue weighted by Gasteiger charge is -2.10. The highest BCUT2D eigenvalue weighted by Gasteiger charge is 2.12. The zero-order valence-corrected chi connectivity index (χ0v) is 16.4. The predicted molar refractivity (Wildman–Crippen MR) is 109 cm³/mol. The molecule has 1 N–H and O–H groups in total. The van der Waals surface area contributed by atoms with Crippen LogP contribution in [0, 0.1) is 13.8 Å². The van der Waals surface area contributed by atoms with Crippen LogP contribution < -0.4 is 5.43 Å². The smallest absolute Gasteiger partial charge is 0.158 e. The fourth-order valence-corrected chi connectivity index (χ4v) is 4.53. The van der Waals surface area contributed by atoms with Crippen molar-refractivity contribution in [3.63, 3.8) is 0 Å². The van der Waals surface area contributed by atoms with Gasteiger partial charge in [0, 0.05) is 10.6 Å². The summed E-state index contributed by atoms with van der Waals surface area (Å²) in [7, 11) is 0. The van der Waals surface area contributed by atoms with Crippen molar-refractivity contribution in [3.05, 3.63) is 16.8 Å². The monoisotopic (exact) mass is 358 g/mol. The summed E-state index contributed by atoms with van der Waals surface area (Å²) in [6.07, 6.45) is 16.0. The van der Waals surface area contributed by atoms with Crippen LogP contribution in [-0.4, -0.2) is 15.7 Å². The second-order valence-corrected chi connectivity index (χ2v) is 8.36. The molecule has 1 fully saturated rings. The minimum absolute atomic E-state index is 0.852. The molecule has 2 aromatic heterocycles. The molecule has 3 rings (SSSR count). The second-order valence-electron chi connectivity index (χ2n) is 7.16. The van der Waals surface area contributed by atoms with Gasteiger partial charge in [0.25, 0.3) is 0 Å². The summed E-state index contributed by atoms with van der Waals surface area (Å²) in [5, 5.41) is 5.89. The highest BCUT2D eigenvalue weighted by molar-refractivity contribution is 7.18. The highest BCUT2D eigenvalue weighted by atomic mass is 32.1. The van der Waals surface area contributed by atoms with Gasteiger partial charge in [-0.1, -0.05) is 44.9 Å². The van der Waals surface area contributed by atoms with E-state index in [2.05, 4.69) is 29.2 Å². The second kappa shape index (κ2) is 9.27. The maximum absolute atomic E-state index is 4.76. The van der Waals surface area contributed by atoms with E-state index in [9.17, 15) is 0 Å². The van der Waals surface area contributed by atoms with Crippen LogP contribution in [-0.2, 0) is 0 Å². The first-order valence-electron chi connectivity index (χ1n) is 9.78. The number of hydrogen-bond acceptors (Lipinski definition) is 5. The number of aryl methyl sites for hydroxylation is 2. The van der Waals surface area contributed by atoms with Gasteiger partial charge in [0.15, 0.2) is 5.82 Å². The van der Waals surface area contributed by atoms with Crippen LogP contribution in [0.5, 0.6) is 0 Å². The molecule has 0 bridgehead atoms. The number of rotatable bonds is 2. The molecule has 0 radical (unpaired) electrons. The third-order valence-electron chi connectivity index (χ3n) is 5.22. The molecule has 2 aromatic rings. The predicted octanol–water partition coefficient (Wildman–Crippen LogP) is 6.38. The Kier molecular flexibility index (Phi) is 6.79. The van der Waals surface area contributed by atoms with Gasteiger partial charge in [-0.25, -0.2) is 9.97 Å². The van der Waals surface area contributed by atoms with Crippen LogP contribution in [0.4, 0.5) is 5.82 Å². The molecule has 1 aliphatic rings. The first kappa shape index (κ1) is 18.3. The van der Waals surface area contributed by atoms with E-state index >= 15 is 0 Å². The van der Waals surface area contributed by atoms with Crippen molar-refractivity contribution in [2.45, 2.75) is 84.5 Å². The van der Waals surface area contributed by atoms with Gasteiger partial charge < -0.3 is 0 Å². The molecular weight excluding hydrogens is 328 g/mol. The SMILES string of the molecule is Cc1sc2ncnc(NN=C3CCCCCCCCCCC3)c2c1C. The average Bonchev–Trinajstić information content (AvgIpc) is 2.89. The van der Waals surface area contributed by atoms with E-state index in [0.717, 1.165) is 28.9 Å².